The largest absolute Gasteiger partial charge is 0.463 e. The van der Waals surface area contributed by atoms with E-state index in [1.807, 2.05) is 0 Å². The van der Waals surface area contributed by atoms with Crippen LogP contribution in [0.15, 0.2) is 0 Å². The molecule has 0 aromatic rings. The highest BCUT2D eigenvalue weighted by atomic mass is 79.9. The fourth-order valence-corrected chi connectivity index (χ4v) is 3.19. The Morgan fingerprint density at radius 3 is 2.15 bits per heavy atom. The fourth-order valence-electron chi connectivity index (χ4n) is 2.05. The maximum atomic E-state index is 11.9. The molecule has 0 unspecified atom stereocenters. The fraction of sp³-hybridized carbons (Fsp3) is 0.750. The monoisotopic (exact) mass is 414 g/mol. The van der Waals surface area contributed by atoms with Gasteiger partial charge in [-0.15, -0.1) is 0 Å². The van der Waals surface area contributed by atoms with E-state index in [0.29, 0.717) is 0 Å². The number of esters is 2. The van der Waals surface area contributed by atoms with E-state index < -0.39 is 35.1 Å². The molecule has 0 bridgehead atoms. The number of alkyl halides is 2. The molecule has 0 aromatic heterocycles. The van der Waals surface area contributed by atoms with Crippen LogP contribution < -0.4 is 0 Å². The smallest absolute Gasteiger partial charge is 0.302 e. The van der Waals surface area contributed by atoms with Gasteiger partial charge in [-0.2, -0.15) is 0 Å². The first-order chi connectivity index (χ1) is 9.23. The molecular formula is C12H16Br2O6. The van der Waals surface area contributed by atoms with Crippen LogP contribution in [0.3, 0.4) is 0 Å². The molecule has 0 radical (unpaired) electrons. The van der Waals surface area contributed by atoms with Crippen LogP contribution in [-0.4, -0.2) is 46.4 Å². The molecule has 1 rings (SSSR count). The number of ether oxygens (including phenoxy) is 3. The Kier molecular flexibility index (Phi) is 6.60. The van der Waals surface area contributed by atoms with E-state index in [2.05, 4.69) is 31.9 Å². The standard InChI is InChI=1S/C12H16Br2O6/c1-5(15)9-8(4-18-6(2)16)20-12(14)10(13)11(9)19-7(3)17/h8-12H,4H2,1-3H3/t8-,9-,10+,11+,12+/m1/s1. The molecule has 1 aliphatic rings. The molecule has 114 valence electrons. The Bertz CT molecular complexity index is 399. The molecule has 20 heavy (non-hydrogen) atoms. The Hall–Kier alpha value is -0.470. The summed E-state index contributed by atoms with van der Waals surface area (Å²) in [4.78, 5) is 33.6. The quantitative estimate of drug-likeness (QED) is 0.512. The van der Waals surface area contributed by atoms with Crippen molar-refractivity contribution in [3.63, 3.8) is 0 Å². The molecule has 0 aliphatic carbocycles. The molecule has 0 amide bonds. The van der Waals surface area contributed by atoms with Crippen LogP contribution in [0.1, 0.15) is 20.8 Å². The number of halogens is 2. The van der Waals surface area contributed by atoms with E-state index in [1.54, 1.807) is 0 Å². The Labute approximate surface area is 133 Å². The molecule has 1 fully saturated rings. The first-order valence-electron chi connectivity index (χ1n) is 5.98. The number of ketones is 1. The van der Waals surface area contributed by atoms with Gasteiger partial charge in [0.05, 0.1) is 10.7 Å². The topological polar surface area (TPSA) is 78.9 Å². The molecule has 1 heterocycles. The van der Waals surface area contributed by atoms with Crippen LogP contribution in [0.2, 0.25) is 0 Å². The number of carbonyl (C=O) groups is 3. The summed E-state index contributed by atoms with van der Waals surface area (Å²) in [5.41, 5.74) is 0. The van der Waals surface area contributed by atoms with Crippen molar-refractivity contribution in [1.82, 2.24) is 0 Å². The van der Waals surface area contributed by atoms with E-state index in [4.69, 9.17) is 14.2 Å². The first kappa shape index (κ1) is 17.6. The van der Waals surface area contributed by atoms with Crippen molar-refractivity contribution in [2.24, 2.45) is 5.92 Å². The minimum absolute atomic E-state index is 0.0703. The lowest BCUT2D eigenvalue weighted by atomic mass is 9.88. The average molecular weight is 416 g/mol. The highest BCUT2D eigenvalue weighted by Gasteiger charge is 2.48. The van der Waals surface area contributed by atoms with E-state index >= 15 is 0 Å². The molecule has 6 nitrogen and oxygen atoms in total. The van der Waals surface area contributed by atoms with Gasteiger partial charge in [-0.3, -0.25) is 14.4 Å². The summed E-state index contributed by atoms with van der Waals surface area (Å²) in [5.74, 6) is -1.85. The predicted octanol–water partition coefficient (Wildman–Crippen LogP) is 1.57. The second-order valence-electron chi connectivity index (χ2n) is 4.48. The van der Waals surface area contributed by atoms with E-state index in [9.17, 15) is 14.4 Å². The van der Waals surface area contributed by atoms with Crippen molar-refractivity contribution in [3.05, 3.63) is 0 Å². The molecular weight excluding hydrogens is 400 g/mol. The van der Waals surface area contributed by atoms with Gasteiger partial charge >= 0.3 is 11.9 Å². The van der Waals surface area contributed by atoms with Gasteiger partial charge in [0.1, 0.15) is 29.6 Å². The van der Waals surface area contributed by atoms with Crippen LogP contribution >= 0.6 is 31.9 Å². The minimum atomic E-state index is -0.698. The van der Waals surface area contributed by atoms with Crippen molar-refractivity contribution < 1.29 is 28.6 Å². The maximum absolute atomic E-state index is 11.9. The normalized spacial score (nSPS) is 33.4. The molecule has 8 heteroatoms. The zero-order valence-electron chi connectivity index (χ0n) is 11.3. The van der Waals surface area contributed by atoms with E-state index in [1.165, 1.54) is 20.8 Å². The van der Waals surface area contributed by atoms with Crippen LogP contribution in [0.25, 0.3) is 0 Å². The van der Waals surface area contributed by atoms with Crippen LogP contribution in [-0.2, 0) is 28.6 Å². The lowest BCUT2D eigenvalue weighted by Gasteiger charge is -2.41. The summed E-state index contributed by atoms with van der Waals surface area (Å²) in [5, 5.41) is -0.469. The SMILES string of the molecule is CC(=O)OC[C@H]1O[C@H](Br)[C@@H](Br)[C@@H](OC(C)=O)[C@@H]1C(C)=O. The van der Waals surface area contributed by atoms with E-state index in [0.717, 1.165) is 0 Å². The summed E-state index contributed by atoms with van der Waals surface area (Å²) in [6, 6.07) is 0. The van der Waals surface area contributed by atoms with Crippen LogP contribution in [0.4, 0.5) is 0 Å². The number of carbonyl (C=O) groups excluding carboxylic acids is 3. The number of hydrogen-bond acceptors (Lipinski definition) is 6. The average Bonchev–Trinajstić information content (AvgIpc) is 2.31. The van der Waals surface area contributed by atoms with Gasteiger partial charge in [0.15, 0.2) is 0 Å². The van der Waals surface area contributed by atoms with Gasteiger partial charge in [-0.1, -0.05) is 31.9 Å². The van der Waals surface area contributed by atoms with Gasteiger partial charge in [0.25, 0.3) is 0 Å². The van der Waals surface area contributed by atoms with Gasteiger partial charge in [0.2, 0.25) is 0 Å². The molecule has 1 saturated heterocycles. The zero-order valence-corrected chi connectivity index (χ0v) is 14.5. The van der Waals surface area contributed by atoms with Crippen molar-refractivity contribution in [3.8, 4) is 0 Å². The first-order valence-corrected chi connectivity index (χ1v) is 7.81. The predicted molar refractivity (Wildman–Crippen MR) is 76.7 cm³/mol. The summed E-state index contributed by atoms with van der Waals surface area (Å²) in [7, 11) is 0. The second kappa shape index (κ2) is 7.51. The van der Waals surface area contributed by atoms with Crippen molar-refractivity contribution in [1.29, 1.82) is 0 Å². The molecule has 0 aromatic carbocycles. The molecule has 1 aliphatic heterocycles. The third-order valence-corrected chi connectivity index (χ3v) is 5.34. The number of hydrogen-bond donors (Lipinski definition) is 0. The lowest BCUT2D eigenvalue weighted by Crippen LogP contribution is -2.55. The summed E-state index contributed by atoms with van der Waals surface area (Å²) < 4.78 is 15.7. The van der Waals surface area contributed by atoms with Crippen molar-refractivity contribution in [2.75, 3.05) is 6.61 Å². The maximum Gasteiger partial charge on any atom is 0.302 e. The Morgan fingerprint density at radius 1 is 1.10 bits per heavy atom. The summed E-state index contributed by atoms with van der Waals surface area (Å²) >= 11 is 6.65. The molecule has 0 N–H and O–H groups in total. The zero-order chi connectivity index (χ0) is 15.4. The van der Waals surface area contributed by atoms with Crippen molar-refractivity contribution >= 4 is 49.6 Å². The third kappa shape index (κ3) is 4.53. The summed E-state index contributed by atoms with van der Waals surface area (Å²) in [6.07, 6.45) is -1.36. The lowest BCUT2D eigenvalue weighted by molar-refractivity contribution is -0.175. The molecule has 0 saturated carbocycles. The second-order valence-corrected chi connectivity index (χ2v) is 6.44. The van der Waals surface area contributed by atoms with Gasteiger partial charge in [-0.25, -0.2) is 0 Å². The van der Waals surface area contributed by atoms with Gasteiger partial charge in [-0.05, 0) is 6.92 Å². The van der Waals surface area contributed by atoms with Gasteiger partial charge in [0, 0.05) is 13.8 Å². The van der Waals surface area contributed by atoms with Crippen molar-refractivity contribution in [2.45, 2.75) is 42.8 Å². The summed E-state index contributed by atoms with van der Waals surface area (Å²) in [6.45, 7) is 3.86. The highest BCUT2D eigenvalue weighted by Crippen LogP contribution is 2.36. The third-order valence-electron chi connectivity index (χ3n) is 2.85. The van der Waals surface area contributed by atoms with Gasteiger partial charge < -0.3 is 14.2 Å². The molecule has 5 atom stereocenters. The number of Topliss-reactive ketones (excluding diaryl/α,β-unsaturated/α-hetero) is 1. The highest BCUT2D eigenvalue weighted by molar-refractivity contribution is 9.12. The Balaban J connectivity index is 2.95. The number of rotatable bonds is 4. The van der Waals surface area contributed by atoms with Crippen LogP contribution in [0, 0.1) is 5.92 Å². The van der Waals surface area contributed by atoms with E-state index in [-0.39, 0.29) is 17.2 Å². The minimum Gasteiger partial charge on any atom is -0.463 e. The Morgan fingerprint density at radius 2 is 1.70 bits per heavy atom. The van der Waals surface area contributed by atoms with Crippen LogP contribution in [0.5, 0.6) is 0 Å². The molecule has 0 spiro atoms.